The number of anilines is 1. The molecule has 132 valence electrons. The molecule has 9 nitrogen and oxygen atoms in total. The van der Waals surface area contributed by atoms with Crippen molar-refractivity contribution in [1.29, 1.82) is 0 Å². The minimum atomic E-state index is -0.755. The summed E-state index contributed by atoms with van der Waals surface area (Å²) >= 11 is 2.27. The van der Waals surface area contributed by atoms with Crippen molar-refractivity contribution in [2.45, 2.75) is 24.7 Å². The Balaban J connectivity index is 2.03. The summed E-state index contributed by atoms with van der Waals surface area (Å²) in [7, 11) is 0. The molecule has 2 amide bonds. The summed E-state index contributed by atoms with van der Waals surface area (Å²) in [4.78, 5) is 33.9. The van der Waals surface area contributed by atoms with Gasteiger partial charge in [0.05, 0.1) is 15.6 Å². The number of primary amides is 1. The first-order valence-electron chi connectivity index (χ1n) is 7.12. The van der Waals surface area contributed by atoms with Crippen LogP contribution in [0.3, 0.4) is 0 Å². The third-order valence-corrected chi connectivity index (χ3v) is 5.18. The van der Waals surface area contributed by atoms with Gasteiger partial charge in [-0.25, -0.2) is 0 Å². The van der Waals surface area contributed by atoms with E-state index in [1.54, 1.807) is 0 Å². The molecular formula is C14H15N5O4S2. The molecular weight excluding hydrogens is 366 g/mol. The van der Waals surface area contributed by atoms with E-state index in [4.69, 9.17) is 5.73 Å². The zero-order valence-electron chi connectivity index (χ0n) is 13.4. The van der Waals surface area contributed by atoms with Crippen molar-refractivity contribution in [2.24, 2.45) is 5.73 Å². The molecule has 1 aromatic carbocycles. The Kier molecular flexibility index (Phi) is 6.04. The van der Waals surface area contributed by atoms with E-state index in [0.29, 0.717) is 5.13 Å². The van der Waals surface area contributed by atoms with Gasteiger partial charge in [-0.05, 0) is 12.1 Å². The molecule has 11 heteroatoms. The van der Waals surface area contributed by atoms with Crippen molar-refractivity contribution >= 4 is 45.7 Å². The maximum absolute atomic E-state index is 12.0. The van der Waals surface area contributed by atoms with Gasteiger partial charge < -0.3 is 5.73 Å². The monoisotopic (exact) mass is 381 g/mol. The molecule has 2 aromatic rings. The number of benzene rings is 1. The Bertz CT molecular complexity index is 821. The molecule has 0 radical (unpaired) electrons. The van der Waals surface area contributed by atoms with Crippen LogP contribution in [0.25, 0.3) is 0 Å². The second-order valence-electron chi connectivity index (χ2n) is 5.24. The lowest BCUT2D eigenvalue weighted by Gasteiger charge is -2.04. The molecule has 0 unspecified atom stereocenters. The highest BCUT2D eigenvalue weighted by molar-refractivity contribution is 8.00. The molecule has 0 saturated carbocycles. The molecule has 0 saturated heterocycles. The fourth-order valence-corrected chi connectivity index (χ4v) is 3.32. The molecule has 0 fully saturated rings. The maximum Gasteiger partial charge on any atom is 0.283 e. The van der Waals surface area contributed by atoms with E-state index < -0.39 is 10.8 Å². The van der Waals surface area contributed by atoms with Gasteiger partial charge in [0.2, 0.25) is 16.9 Å². The molecule has 1 heterocycles. The van der Waals surface area contributed by atoms with E-state index in [-0.39, 0.29) is 33.7 Å². The van der Waals surface area contributed by atoms with E-state index in [0.717, 1.165) is 22.8 Å². The SMILES string of the molecule is CC(C)c1nnc(NC(=O)CSc2ccc(C(N)=O)cc2[N+](=O)[O-])s1. The van der Waals surface area contributed by atoms with Gasteiger partial charge >= 0.3 is 0 Å². The van der Waals surface area contributed by atoms with E-state index >= 15 is 0 Å². The van der Waals surface area contributed by atoms with Gasteiger partial charge in [-0.1, -0.05) is 25.2 Å². The van der Waals surface area contributed by atoms with Crippen molar-refractivity contribution in [3.8, 4) is 0 Å². The van der Waals surface area contributed by atoms with Crippen LogP contribution in [0.2, 0.25) is 0 Å². The van der Waals surface area contributed by atoms with Gasteiger partial charge in [0.25, 0.3) is 5.69 Å². The predicted molar refractivity (Wildman–Crippen MR) is 95.0 cm³/mol. The Labute approximate surface area is 151 Å². The lowest BCUT2D eigenvalue weighted by atomic mass is 10.2. The molecule has 0 atom stereocenters. The average molecular weight is 381 g/mol. The van der Waals surface area contributed by atoms with Crippen molar-refractivity contribution in [2.75, 3.05) is 11.1 Å². The number of rotatable bonds is 7. The van der Waals surface area contributed by atoms with Gasteiger partial charge in [0.1, 0.15) is 5.01 Å². The summed E-state index contributed by atoms with van der Waals surface area (Å²) in [5, 5.41) is 22.8. The summed E-state index contributed by atoms with van der Waals surface area (Å²) in [6.07, 6.45) is 0. The second-order valence-corrected chi connectivity index (χ2v) is 7.27. The smallest absolute Gasteiger partial charge is 0.283 e. The highest BCUT2D eigenvalue weighted by Gasteiger charge is 2.18. The lowest BCUT2D eigenvalue weighted by molar-refractivity contribution is -0.387. The third-order valence-electron chi connectivity index (χ3n) is 2.98. The van der Waals surface area contributed by atoms with E-state index in [9.17, 15) is 19.7 Å². The number of hydrogen-bond acceptors (Lipinski definition) is 8. The molecule has 0 bridgehead atoms. The minimum absolute atomic E-state index is 0.0376. The molecule has 1 aromatic heterocycles. The Morgan fingerprint density at radius 3 is 2.68 bits per heavy atom. The van der Waals surface area contributed by atoms with Crippen LogP contribution in [0.1, 0.15) is 35.1 Å². The van der Waals surface area contributed by atoms with Crippen LogP contribution in [0.15, 0.2) is 23.1 Å². The molecule has 3 N–H and O–H groups in total. The number of nitro benzene ring substituents is 1. The summed E-state index contributed by atoms with van der Waals surface area (Å²) in [6, 6.07) is 3.88. The molecule has 0 aliphatic carbocycles. The van der Waals surface area contributed by atoms with E-state index in [1.165, 1.54) is 23.5 Å². The number of aromatic nitrogens is 2. The molecule has 25 heavy (non-hydrogen) atoms. The zero-order chi connectivity index (χ0) is 18.6. The van der Waals surface area contributed by atoms with Gasteiger partial charge in [-0.2, -0.15) is 0 Å². The highest BCUT2D eigenvalue weighted by Crippen LogP contribution is 2.30. The zero-order valence-corrected chi connectivity index (χ0v) is 15.0. The van der Waals surface area contributed by atoms with Crippen molar-refractivity contribution in [3.63, 3.8) is 0 Å². The second kappa shape index (κ2) is 8.03. The number of nitrogens with two attached hydrogens (primary N) is 1. The van der Waals surface area contributed by atoms with Crippen LogP contribution in [0.4, 0.5) is 10.8 Å². The number of carbonyl (C=O) groups excluding carboxylic acids is 2. The minimum Gasteiger partial charge on any atom is -0.366 e. The average Bonchev–Trinajstić information content (AvgIpc) is 3.01. The largest absolute Gasteiger partial charge is 0.366 e. The number of thioether (sulfide) groups is 1. The van der Waals surface area contributed by atoms with Gasteiger partial charge in [-0.15, -0.1) is 22.0 Å². The van der Waals surface area contributed by atoms with Crippen LogP contribution in [0.5, 0.6) is 0 Å². The molecule has 0 aliphatic rings. The summed E-state index contributed by atoms with van der Waals surface area (Å²) < 4.78 is 0. The van der Waals surface area contributed by atoms with Crippen molar-refractivity contribution in [3.05, 3.63) is 38.9 Å². The van der Waals surface area contributed by atoms with E-state index in [2.05, 4.69) is 15.5 Å². The molecule has 0 spiro atoms. The fraction of sp³-hybridized carbons (Fsp3) is 0.286. The molecule has 0 aliphatic heterocycles. The number of nitrogens with one attached hydrogen (secondary N) is 1. The predicted octanol–water partition coefficient (Wildman–Crippen LogP) is 2.40. The number of amides is 2. The highest BCUT2D eigenvalue weighted by atomic mass is 32.2. The van der Waals surface area contributed by atoms with Crippen molar-refractivity contribution < 1.29 is 14.5 Å². The Hall–Kier alpha value is -2.53. The lowest BCUT2D eigenvalue weighted by Crippen LogP contribution is -2.14. The van der Waals surface area contributed by atoms with Crippen LogP contribution < -0.4 is 11.1 Å². The number of nitro groups is 1. The fourth-order valence-electron chi connectivity index (χ4n) is 1.75. The van der Waals surface area contributed by atoms with Gasteiger partial charge in [-0.3, -0.25) is 25.0 Å². The number of nitrogens with zero attached hydrogens (tertiary/aromatic N) is 3. The third kappa shape index (κ3) is 4.97. The van der Waals surface area contributed by atoms with Crippen LogP contribution in [0, 0.1) is 10.1 Å². The van der Waals surface area contributed by atoms with Gasteiger partial charge in [0.15, 0.2) is 0 Å². The van der Waals surface area contributed by atoms with Crippen LogP contribution >= 0.6 is 23.1 Å². The number of carbonyl (C=O) groups is 2. The summed E-state index contributed by atoms with van der Waals surface area (Å²) in [5.41, 5.74) is 4.89. The number of hydrogen-bond donors (Lipinski definition) is 2. The van der Waals surface area contributed by atoms with E-state index in [1.807, 2.05) is 13.8 Å². The van der Waals surface area contributed by atoms with Gasteiger partial charge in [0, 0.05) is 17.5 Å². The molecule has 2 rings (SSSR count). The summed E-state index contributed by atoms with van der Waals surface area (Å²) in [5.74, 6) is -0.948. The Morgan fingerprint density at radius 2 is 2.12 bits per heavy atom. The maximum atomic E-state index is 12.0. The normalized spacial score (nSPS) is 10.7. The standard InChI is InChI=1S/C14H15N5O4S2/c1-7(2)13-17-18-14(25-13)16-11(20)6-24-10-4-3-8(12(15)21)5-9(10)19(22)23/h3-5,7H,6H2,1-2H3,(H2,15,21)(H,16,18,20). The van der Waals surface area contributed by atoms with Crippen LogP contribution in [-0.4, -0.2) is 32.7 Å². The quantitative estimate of drug-likeness (QED) is 0.426. The first-order valence-corrected chi connectivity index (χ1v) is 8.92. The Morgan fingerprint density at radius 1 is 1.40 bits per heavy atom. The van der Waals surface area contributed by atoms with Crippen LogP contribution in [-0.2, 0) is 4.79 Å². The topological polar surface area (TPSA) is 141 Å². The summed E-state index contributed by atoms with van der Waals surface area (Å²) in [6.45, 7) is 3.94. The van der Waals surface area contributed by atoms with Crippen molar-refractivity contribution in [1.82, 2.24) is 10.2 Å². The first-order chi connectivity index (χ1) is 11.8. The first kappa shape index (κ1) is 18.8.